The lowest BCUT2D eigenvalue weighted by Crippen LogP contribution is -2.47. The fourth-order valence-electron chi connectivity index (χ4n) is 4.25. The first-order valence-corrected chi connectivity index (χ1v) is 10.8. The predicted octanol–water partition coefficient (Wildman–Crippen LogP) is 2.55. The second-order valence-corrected chi connectivity index (χ2v) is 8.55. The highest BCUT2D eigenvalue weighted by molar-refractivity contribution is 6.10. The van der Waals surface area contributed by atoms with Crippen LogP contribution >= 0.6 is 0 Å². The molecular formula is C22H28N4O4. The second-order valence-electron chi connectivity index (χ2n) is 8.55. The molecule has 4 rings (SSSR count). The van der Waals surface area contributed by atoms with Gasteiger partial charge in [0.05, 0.1) is 0 Å². The first-order chi connectivity index (χ1) is 14.5. The largest absolute Gasteiger partial charge is 0.349 e. The summed E-state index contributed by atoms with van der Waals surface area (Å²) in [4.78, 5) is 51.2. The van der Waals surface area contributed by atoms with E-state index < -0.39 is 17.5 Å². The molecule has 3 N–H and O–H groups in total. The lowest BCUT2D eigenvalue weighted by Gasteiger charge is -2.28. The SMILES string of the molecule is O=C(CN1C(=O)NC2(CCCCCCC2)C1=O)Nc1cccc(C(=O)NC2CC2)c1. The van der Waals surface area contributed by atoms with Crippen molar-refractivity contribution >= 4 is 29.4 Å². The van der Waals surface area contributed by atoms with E-state index >= 15 is 0 Å². The van der Waals surface area contributed by atoms with Crippen LogP contribution < -0.4 is 16.0 Å². The van der Waals surface area contributed by atoms with Crippen LogP contribution in [0.25, 0.3) is 0 Å². The van der Waals surface area contributed by atoms with E-state index in [0.717, 1.165) is 49.8 Å². The third kappa shape index (κ3) is 4.47. The third-order valence-corrected chi connectivity index (χ3v) is 6.08. The molecule has 0 atom stereocenters. The number of hydrogen-bond donors (Lipinski definition) is 3. The van der Waals surface area contributed by atoms with Gasteiger partial charge in [-0.3, -0.25) is 19.3 Å². The topological polar surface area (TPSA) is 108 Å². The molecule has 0 bridgehead atoms. The number of nitrogens with zero attached hydrogens (tertiary/aromatic N) is 1. The Balaban J connectivity index is 1.38. The van der Waals surface area contributed by atoms with Gasteiger partial charge in [0.15, 0.2) is 0 Å². The molecule has 8 nitrogen and oxygen atoms in total. The van der Waals surface area contributed by atoms with Crippen LogP contribution in [0.15, 0.2) is 24.3 Å². The number of amides is 5. The predicted molar refractivity (Wildman–Crippen MR) is 111 cm³/mol. The molecule has 1 saturated heterocycles. The van der Waals surface area contributed by atoms with E-state index in [4.69, 9.17) is 0 Å². The molecule has 0 unspecified atom stereocenters. The van der Waals surface area contributed by atoms with Crippen molar-refractivity contribution in [2.75, 3.05) is 11.9 Å². The highest BCUT2D eigenvalue weighted by Crippen LogP contribution is 2.32. The zero-order chi connectivity index (χ0) is 21.1. The molecule has 8 heteroatoms. The molecule has 3 fully saturated rings. The molecular weight excluding hydrogens is 384 g/mol. The minimum Gasteiger partial charge on any atom is -0.349 e. The van der Waals surface area contributed by atoms with Crippen molar-refractivity contribution in [3.63, 3.8) is 0 Å². The Kier molecular flexibility index (Phi) is 5.74. The normalized spacial score (nSPS) is 21.0. The highest BCUT2D eigenvalue weighted by atomic mass is 16.2. The van der Waals surface area contributed by atoms with E-state index in [0.29, 0.717) is 24.1 Å². The fraction of sp³-hybridized carbons (Fsp3) is 0.545. The van der Waals surface area contributed by atoms with E-state index in [-0.39, 0.29) is 24.4 Å². The summed E-state index contributed by atoms with van der Waals surface area (Å²) in [6.07, 6.45) is 8.27. The van der Waals surface area contributed by atoms with E-state index in [9.17, 15) is 19.2 Å². The lowest BCUT2D eigenvalue weighted by atomic mass is 9.84. The van der Waals surface area contributed by atoms with Gasteiger partial charge in [0.1, 0.15) is 12.1 Å². The van der Waals surface area contributed by atoms with Crippen LogP contribution in [-0.2, 0) is 9.59 Å². The van der Waals surface area contributed by atoms with Crippen LogP contribution in [0, 0.1) is 0 Å². The van der Waals surface area contributed by atoms with Gasteiger partial charge >= 0.3 is 6.03 Å². The molecule has 5 amide bonds. The first kappa shape index (κ1) is 20.4. The Hall–Kier alpha value is -2.90. The molecule has 0 aromatic heterocycles. The third-order valence-electron chi connectivity index (χ3n) is 6.08. The van der Waals surface area contributed by atoms with Gasteiger partial charge in [-0.2, -0.15) is 0 Å². The van der Waals surface area contributed by atoms with Crippen molar-refractivity contribution in [1.82, 2.24) is 15.5 Å². The Morgan fingerprint density at radius 1 is 1.07 bits per heavy atom. The maximum atomic E-state index is 13.0. The van der Waals surface area contributed by atoms with Gasteiger partial charge in [-0.25, -0.2) is 4.79 Å². The molecule has 3 aliphatic rings. The molecule has 1 aromatic rings. The number of carbonyl (C=O) groups is 4. The van der Waals surface area contributed by atoms with E-state index in [2.05, 4.69) is 16.0 Å². The number of benzene rings is 1. The van der Waals surface area contributed by atoms with Crippen LogP contribution in [0.4, 0.5) is 10.5 Å². The summed E-state index contributed by atoms with van der Waals surface area (Å²) in [6.45, 7) is -0.342. The average Bonchev–Trinajstić information content (AvgIpc) is 3.48. The standard InChI is InChI=1S/C22H28N4O4/c27-18(23-17-8-6-7-15(13-17)19(28)24-16-9-10-16)14-26-20(29)22(25-21(26)30)11-4-2-1-3-5-12-22/h6-8,13,16H,1-5,9-12,14H2,(H,23,27)(H,24,28)(H,25,30). The summed E-state index contributed by atoms with van der Waals surface area (Å²) in [6, 6.07) is 6.38. The highest BCUT2D eigenvalue weighted by Gasteiger charge is 2.50. The zero-order valence-electron chi connectivity index (χ0n) is 17.0. The number of imide groups is 1. The van der Waals surface area contributed by atoms with Gasteiger partial charge < -0.3 is 16.0 Å². The van der Waals surface area contributed by atoms with Crippen LogP contribution in [0.3, 0.4) is 0 Å². The molecule has 1 aromatic carbocycles. The van der Waals surface area contributed by atoms with Crippen LogP contribution in [-0.4, -0.2) is 46.8 Å². The minimum absolute atomic E-state index is 0.172. The zero-order valence-corrected chi connectivity index (χ0v) is 17.0. The Morgan fingerprint density at radius 3 is 2.47 bits per heavy atom. The van der Waals surface area contributed by atoms with Gasteiger partial charge in [0.25, 0.3) is 11.8 Å². The van der Waals surface area contributed by atoms with Crippen LogP contribution in [0.5, 0.6) is 0 Å². The molecule has 0 radical (unpaired) electrons. The average molecular weight is 412 g/mol. The summed E-state index contributed by atoms with van der Waals surface area (Å²) in [5.41, 5.74) is 0.0535. The molecule has 1 aliphatic heterocycles. The number of nitrogens with one attached hydrogen (secondary N) is 3. The number of urea groups is 1. The summed E-state index contributed by atoms with van der Waals surface area (Å²) in [7, 11) is 0. The second kappa shape index (κ2) is 8.45. The summed E-state index contributed by atoms with van der Waals surface area (Å²) >= 11 is 0. The lowest BCUT2D eigenvalue weighted by molar-refractivity contribution is -0.134. The van der Waals surface area contributed by atoms with Gasteiger partial charge in [0, 0.05) is 17.3 Å². The van der Waals surface area contributed by atoms with Crippen molar-refractivity contribution in [1.29, 1.82) is 0 Å². The van der Waals surface area contributed by atoms with E-state index in [1.165, 1.54) is 0 Å². The Labute approximate surface area is 175 Å². The first-order valence-electron chi connectivity index (χ1n) is 10.8. The van der Waals surface area contributed by atoms with Crippen molar-refractivity contribution in [2.45, 2.75) is 69.4 Å². The van der Waals surface area contributed by atoms with E-state index in [1.54, 1.807) is 24.3 Å². The quantitative estimate of drug-likeness (QED) is 0.646. The number of anilines is 1. The Morgan fingerprint density at radius 2 is 1.77 bits per heavy atom. The van der Waals surface area contributed by atoms with Crippen LogP contribution in [0.1, 0.15) is 68.1 Å². The Bertz CT molecular complexity index is 856. The maximum Gasteiger partial charge on any atom is 0.325 e. The monoisotopic (exact) mass is 412 g/mol. The van der Waals surface area contributed by atoms with Crippen molar-refractivity contribution in [3.8, 4) is 0 Å². The molecule has 1 heterocycles. The van der Waals surface area contributed by atoms with Gasteiger partial charge in [-0.15, -0.1) is 0 Å². The van der Waals surface area contributed by atoms with E-state index in [1.807, 2.05) is 0 Å². The molecule has 2 aliphatic carbocycles. The molecule has 2 saturated carbocycles. The maximum absolute atomic E-state index is 13.0. The van der Waals surface area contributed by atoms with Crippen LogP contribution in [0.2, 0.25) is 0 Å². The van der Waals surface area contributed by atoms with Crippen molar-refractivity contribution < 1.29 is 19.2 Å². The number of rotatable bonds is 5. The number of hydrogen-bond acceptors (Lipinski definition) is 4. The molecule has 30 heavy (non-hydrogen) atoms. The fourth-order valence-corrected chi connectivity index (χ4v) is 4.25. The molecule has 1 spiro atoms. The van der Waals surface area contributed by atoms with Gasteiger partial charge in [-0.05, 0) is 43.9 Å². The van der Waals surface area contributed by atoms with Crippen molar-refractivity contribution in [2.24, 2.45) is 0 Å². The number of carbonyl (C=O) groups excluding carboxylic acids is 4. The smallest absolute Gasteiger partial charge is 0.325 e. The molecule has 160 valence electrons. The summed E-state index contributed by atoms with van der Waals surface area (Å²) in [5.74, 6) is -0.947. The summed E-state index contributed by atoms with van der Waals surface area (Å²) in [5, 5.41) is 8.46. The van der Waals surface area contributed by atoms with Gasteiger partial charge in [-0.1, -0.05) is 38.2 Å². The van der Waals surface area contributed by atoms with Crippen molar-refractivity contribution in [3.05, 3.63) is 29.8 Å². The summed E-state index contributed by atoms with van der Waals surface area (Å²) < 4.78 is 0. The van der Waals surface area contributed by atoms with Gasteiger partial charge in [0.2, 0.25) is 5.91 Å². The minimum atomic E-state index is -0.863.